The second-order valence-corrected chi connectivity index (χ2v) is 4.68. The van der Waals surface area contributed by atoms with Gasteiger partial charge in [-0.3, -0.25) is 4.79 Å². The highest BCUT2D eigenvalue weighted by Gasteiger charge is 2.37. The monoisotopic (exact) mass is 269 g/mol. The second kappa shape index (κ2) is 4.45. The van der Waals surface area contributed by atoms with Crippen molar-refractivity contribution in [3.05, 3.63) is 23.3 Å². The van der Waals surface area contributed by atoms with E-state index in [0.717, 1.165) is 6.07 Å². The fraction of sp³-hybridized carbons (Fsp3) is 0.462. The minimum Gasteiger partial charge on any atom is -0.486 e. The lowest BCUT2D eigenvalue weighted by Gasteiger charge is -2.41. The molecule has 1 aromatic carbocycles. The molecular formula is C13H13F2NO3. The van der Waals surface area contributed by atoms with Gasteiger partial charge in [-0.1, -0.05) is 0 Å². The van der Waals surface area contributed by atoms with Gasteiger partial charge in [-0.2, -0.15) is 4.39 Å². The van der Waals surface area contributed by atoms with E-state index >= 15 is 0 Å². The van der Waals surface area contributed by atoms with Gasteiger partial charge in [-0.05, 0) is 6.07 Å². The van der Waals surface area contributed by atoms with Gasteiger partial charge in [0.15, 0.2) is 17.3 Å². The normalized spacial score (nSPS) is 21.1. The molecule has 2 heterocycles. The van der Waals surface area contributed by atoms with Gasteiger partial charge in [0, 0.05) is 25.6 Å². The van der Waals surface area contributed by atoms with Crippen LogP contribution in [0.15, 0.2) is 6.07 Å². The fourth-order valence-corrected chi connectivity index (χ4v) is 2.66. The molecule has 3 rings (SSSR count). The van der Waals surface area contributed by atoms with Gasteiger partial charge in [0.2, 0.25) is 5.82 Å². The van der Waals surface area contributed by atoms with Gasteiger partial charge in [0.05, 0.1) is 18.3 Å². The molecule has 0 aliphatic carbocycles. The van der Waals surface area contributed by atoms with E-state index in [9.17, 15) is 13.6 Å². The van der Waals surface area contributed by atoms with Gasteiger partial charge < -0.3 is 14.4 Å². The molecule has 2 aliphatic rings. The van der Waals surface area contributed by atoms with E-state index in [1.54, 1.807) is 7.11 Å². The Morgan fingerprint density at radius 3 is 3.05 bits per heavy atom. The molecule has 0 amide bonds. The maximum Gasteiger partial charge on any atom is 0.202 e. The molecule has 2 aliphatic heterocycles. The number of halogens is 2. The Balaban J connectivity index is 2.16. The smallest absolute Gasteiger partial charge is 0.202 e. The third kappa shape index (κ3) is 1.78. The molecule has 0 saturated heterocycles. The first-order chi connectivity index (χ1) is 9.13. The zero-order chi connectivity index (χ0) is 13.6. The molecule has 1 unspecified atom stereocenters. The van der Waals surface area contributed by atoms with Crippen LogP contribution >= 0.6 is 0 Å². The number of ketones is 1. The third-order valence-electron chi connectivity index (χ3n) is 3.54. The average molecular weight is 269 g/mol. The van der Waals surface area contributed by atoms with E-state index in [-0.39, 0.29) is 36.2 Å². The second-order valence-electron chi connectivity index (χ2n) is 4.68. The predicted octanol–water partition coefficient (Wildman–Crippen LogP) is 1.77. The zero-order valence-corrected chi connectivity index (χ0v) is 10.4. The summed E-state index contributed by atoms with van der Waals surface area (Å²) in [6.45, 7) is 1.10. The van der Waals surface area contributed by atoms with Crippen LogP contribution in [0.2, 0.25) is 0 Å². The molecule has 0 fully saturated rings. The summed E-state index contributed by atoms with van der Waals surface area (Å²) >= 11 is 0. The van der Waals surface area contributed by atoms with Crippen molar-refractivity contribution in [1.82, 2.24) is 0 Å². The van der Waals surface area contributed by atoms with Crippen LogP contribution in [-0.4, -0.2) is 38.7 Å². The lowest BCUT2D eigenvalue weighted by molar-refractivity contribution is 0.0960. The van der Waals surface area contributed by atoms with E-state index < -0.39 is 11.6 Å². The summed E-state index contributed by atoms with van der Waals surface area (Å²) in [6, 6.07) is 0.871. The van der Waals surface area contributed by atoms with Gasteiger partial charge in [-0.15, -0.1) is 0 Å². The summed E-state index contributed by atoms with van der Waals surface area (Å²) in [5.74, 6) is -2.42. The van der Waals surface area contributed by atoms with E-state index in [1.807, 2.05) is 4.90 Å². The molecule has 0 bridgehead atoms. The van der Waals surface area contributed by atoms with E-state index in [2.05, 4.69) is 0 Å². The predicted molar refractivity (Wildman–Crippen MR) is 63.8 cm³/mol. The Morgan fingerprint density at radius 1 is 1.53 bits per heavy atom. The van der Waals surface area contributed by atoms with Crippen LogP contribution in [0, 0.1) is 11.6 Å². The van der Waals surface area contributed by atoms with Crippen molar-refractivity contribution in [2.24, 2.45) is 0 Å². The SMILES string of the molecule is COCC1COc2c(F)c(F)cc3c2N1CCC3=O. The molecule has 4 nitrogen and oxygen atoms in total. The van der Waals surface area contributed by atoms with Gasteiger partial charge >= 0.3 is 0 Å². The van der Waals surface area contributed by atoms with Crippen LogP contribution in [0.1, 0.15) is 16.8 Å². The molecule has 1 aromatic rings. The number of carbonyl (C=O) groups is 1. The van der Waals surface area contributed by atoms with Crippen molar-refractivity contribution in [2.75, 3.05) is 31.8 Å². The van der Waals surface area contributed by atoms with E-state index in [0.29, 0.717) is 18.8 Å². The molecule has 0 N–H and O–H groups in total. The summed E-state index contributed by atoms with van der Waals surface area (Å²) in [4.78, 5) is 13.7. The molecule has 19 heavy (non-hydrogen) atoms. The average Bonchev–Trinajstić information content (AvgIpc) is 2.40. The van der Waals surface area contributed by atoms with Crippen molar-refractivity contribution < 1.29 is 23.0 Å². The number of carbonyl (C=O) groups excluding carboxylic acids is 1. The maximum atomic E-state index is 13.8. The van der Waals surface area contributed by atoms with Crippen molar-refractivity contribution in [3.63, 3.8) is 0 Å². The minimum atomic E-state index is -1.05. The Bertz CT molecular complexity index is 547. The standard InChI is InChI=1S/C13H13F2NO3/c1-18-5-7-6-19-13-11(15)9(14)4-8-10(17)2-3-16(7)12(8)13/h4,7H,2-3,5-6H2,1H3. The Morgan fingerprint density at radius 2 is 2.32 bits per heavy atom. The lowest BCUT2D eigenvalue weighted by atomic mass is 9.96. The Hall–Kier alpha value is -1.69. The lowest BCUT2D eigenvalue weighted by Crippen LogP contribution is -2.49. The first-order valence-electron chi connectivity index (χ1n) is 6.07. The topological polar surface area (TPSA) is 38.8 Å². The molecular weight excluding hydrogens is 256 g/mol. The zero-order valence-electron chi connectivity index (χ0n) is 10.4. The molecule has 0 spiro atoms. The first kappa shape index (κ1) is 12.3. The summed E-state index contributed by atoms with van der Waals surface area (Å²) < 4.78 is 37.6. The van der Waals surface area contributed by atoms with Gasteiger partial charge in [-0.25, -0.2) is 4.39 Å². The number of ether oxygens (including phenoxy) is 2. The fourth-order valence-electron chi connectivity index (χ4n) is 2.66. The molecule has 0 radical (unpaired) electrons. The van der Waals surface area contributed by atoms with Crippen LogP contribution < -0.4 is 9.64 Å². The van der Waals surface area contributed by atoms with Crippen molar-refractivity contribution >= 4 is 11.5 Å². The summed E-state index contributed by atoms with van der Waals surface area (Å²) in [7, 11) is 1.57. The van der Waals surface area contributed by atoms with Crippen LogP contribution in [0.3, 0.4) is 0 Å². The van der Waals surface area contributed by atoms with Crippen LogP contribution in [0.25, 0.3) is 0 Å². The number of anilines is 1. The number of nitrogens with zero attached hydrogens (tertiary/aromatic N) is 1. The molecule has 6 heteroatoms. The Kier molecular flexibility index (Phi) is 2.89. The third-order valence-corrected chi connectivity index (χ3v) is 3.54. The Labute approximate surface area is 108 Å². The molecule has 102 valence electrons. The number of methoxy groups -OCH3 is 1. The first-order valence-corrected chi connectivity index (χ1v) is 6.07. The molecule has 1 atom stereocenters. The minimum absolute atomic E-state index is 0.0887. The van der Waals surface area contributed by atoms with Crippen LogP contribution in [0.5, 0.6) is 5.75 Å². The number of hydrogen-bond acceptors (Lipinski definition) is 4. The summed E-state index contributed by atoms with van der Waals surface area (Å²) in [5.41, 5.74) is 0.560. The van der Waals surface area contributed by atoms with Gasteiger partial charge in [0.25, 0.3) is 0 Å². The largest absolute Gasteiger partial charge is 0.486 e. The van der Waals surface area contributed by atoms with Crippen LogP contribution in [-0.2, 0) is 4.74 Å². The van der Waals surface area contributed by atoms with E-state index in [4.69, 9.17) is 9.47 Å². The maximum absolute atomic E-state index is 13.8. The van der Waals surface area contributed by atoms with Crippen molar-refractivity contribution in [3.8, 4) is 5.75 Å². The summed E-state index contributed by atoms with van der Waals surface area (Å²) in [6.07, 6.45) is 0.289. The highest BCUT2D eigenvalue weighted by molar-refractivity contribution is 6.05. The molecule has 0 aromatic heterocycles. The highest BCUT2D eigenvalue weighted by atomic mass is 19.2. The highest BCUT2D eigenvalue weighted by Crippen LogP contribution is 2.43. The number of hydrogen-bond donors (Lipinski definition) is 0. The van der Waals surface area contributed by atoms with E-state index in [1.165, 1.54) is 0 Å². The van der Waals surface area contributed by atoms with Crippen molar-refractivity contribution in [2.45, 2.75) is 12.5 Å². The van der Waals surface area contributed by atoms with Crippen molar-refractivity contribution in [1.29, 1.82) is 0 Å². The molecule has 0 saturated carbocycles. The van der Waals surface area contributed by atoms with Gasteiger partial charge in [0.1, 0.15) is 6.61 Å². The quantitative estimate of drug-likeness (QED) is 0.820. The number of rotatable bonds is 2. The van der Waals surface area contributed by atoms with Crippen LogP contribution in [0.4, 0.5) is 14.5 Å². The number of Topliss-reactive ketones (excluding diaryl/α,β-unsaturated/α-hetero) is 1. The number of benzene rings is 1. The summed E-state index contributed by atoms with van der Waals surface area (Å²) in [5, 5.41) is 0.